The Morgan fingerprint density at radius 2 is 1.89 bits per heavy atom. The Hall–Kier alpha value is -3.27. The van der Waals surface area contributed by atoms with Gasteiger partial charge in [0.25, 0.3) is 0 Å². The van der Waals surface area contributed by atoms with Crippen molar-refractivity contribution in [1.29, 1.82) is 0 Å². The first-order valence-electron chi connectivity index (χ1n) is 13.7. The SMILES string of the molecule is O=C1NCCC12Cc1cnc(Nc3ccc(OCCN4CCCCC4)nc3)nc1N(C1CCCC1)C2=O. The van der Waals surface area contributed by atoms with Gasteiger partial charge >= 0.3 is 0 Å². The van der Waals surface area contributed by atoms with Gasteiger partial charge in [0, 0.05) is 43.4 Å². The second kappa shape index (κ2) is 10.2. The van der Waals surface area contributed by atoms with Crippen LogP contribution in [-0.2, 0) is 16.0 Å². The Balaban J connectivity index is 1.16. The van der Waals surface area contributed by atoms with E-state index in [0.717, 1.165) is 56.6 Å². The number of ether oxygens (including phenoxy) is 1. The van der Waals surface area contributed by atoms with Crippen LogP contribution in [0.25, 0.3) is 0 Å². The summed E-state index contributed by atoms with van der Waals surface area (Å²) in [5, 5.41) is 6.09. The summed E-state index contributed by atoms with van der Waals surface area (Å²) >= 11 is 0. The Morgan fingerprint density at radius 1 is 1.05 bits per heavy atom. The Kier molecular flexibility index (Phi) is 6.67. The van der Waals surface area contributed by atoms with E-state index in [0.29, 0.717) is 43.6 Å². The maximum absolute atomic E-state index is 13.8. The van der Waals surface area contributed by atoms with Crippen molar-refractivity contribution >= 4 is 29.3 Å². The molecule has 1 aliphatic carbocycles. The number of likely N-dealkylation sites (tertiary alicyclic amines) is 1. The molecular weight excluding hydrogens is 470 g/mol. The molecule has 10 heteroatoms. The minimum absolute atomic E-state index is 0.0719. The van der Waals surface area contributed by atoms with Gasteiger partial charge in [0.1, 0.15) is 17.8 Å². The van der Waals surface area contributed by atoms with Crippen molar-refractivity contribution in [2.75, 3.05) is 43.0 Å². The number of hydrogen-bond acceptors (Lipinski definition) is 8. The van der Waals surface area contributed by atoms with Crippen LogP contribution in [0.15, 0.2) is 24.5 Å². The van der Waals surface area contributed by atoms with Crippen LogP contribution in [0.3, 0.4) is 0 Å². The lowest BCUT2D eigenvalue weighted by atomic mass is 9.76. The van der Waals surface area contributed by atoms with Gasteiger partial charge in [0.15, 0.2) is 0 Å². The van der Waals surface area contributed by atoms with Gasteiger partial charge in [-0.2, -0.15) is 4.98 Å². The van der Waals surface area contributed by atoms with Crippen molar-refractivity contribution in [3.05, 3.63) is 30.1 Å². The number of nitrogens with zero attached hydrogens (tertiary/aromatic N) is 5. The molecule has 1 spiro atoms. The highest BCUT2D eigenvalue weighted by Gasteiger charge is 2.56. The van der Waals surface area contributed by atoms with E-state index >= 15 is 0 Å². The lowest BCUT2D eigenvalue weighted by Crippen LogP contribution is -2.56. The van der Waals surface area contributed by atoms with E-state index in [2.05, 4.69) is 25.5 Å². The first-order valence-corrected chi connectivity index (χ1v) is 13.7. The third-order valence-electron chi connectivity index (χ3n) is 8.25. The van der Waals surface area contributed by atoms with Crippen LogP contribution in [0.2, 0.25) is 0 Å². The van der Waals surface area contributed by atoms with Crippen LogP contribution in [0, 0.1) is 5.41 Å². The number of carbonyl (C=O) groups is 2. The number of aromatic nitrogens is 3. The normalized spacial score (nSPS) is 24.4. The maximum atomic E-state index is 13.8. The van der Waals surface area contributed by atoms with Crippen LogP contribution in [0.5, 0.6) is 5.88 Å². The van der Waals surface area contributed by atoms with E-state index in [-0.39, 0.29) is 17.9 Å². The molecule has 1 atom stereocenters. The fraction of sp³-hybridized carbons (Fsp3) is 0.593. The summed E-state index contributed by atoms with van der Waals surface area (Å²) in [5.74, 6) is 1.34. The molecule has 3 aliphatic heterocycles. The van der Waals surface area contributed by atoms with Gasteiger partial charge in [-0.05, 0) is 51.3 Å². The van der Waals surface area contributed by atoms with Crippen LogP contribution in [0.1, 0.15) is 56.9 Å². The van der Waals surface area contributed by atoms with E-state index in [1.807, 2.05) is 12.1 Å². The largest absolute Gasteiger partial charge is 0.476 e. The topological polar surface area (TPSA) is 113 Å². The summed E-state index contributed by atoms with van der Waals surface area (Å²) in [6.07, 6.45) is 12.2. The summed E-state index contributed by atoms with van der Waals surface area (Å²) in [4.78, 5) is 44.5. The zero-order valence-corrected chi connectivity index (χ0v) is 21.2. The number of carbonyl (C=O) groups excluding carboxylic acids is 2. The average Bonchev–Trinajstić information content (AvgIpc) is 3.58. The van der Waals surface area contributed by atoms with Crippen LogP contribution >= 0.6 is 0 Å². The molecule has 6 rings (SSSR count). The van der Waals surface area contributed by atoms with E-state index in [9.17, 15) is 9.59 Å². The molecule has 1 saturated carbocycles. The highest BCUT2D eigenvalue weighted by molar-refractivity contribution is 6.14. The lowest BCUT2D eigenvalue weighted by molar-refractivity contribution is -0.140. The molecule has 1 unspecified atom stereocenters. The van der Waals surface area contributed by atoms with Crippen LogP contribution in [0.4, 0.5) is 17.5 Å². The molecule has 3 fully saturated rings. The molecule has 0 radical (unpaired) electrons. The van der Waals surface area contributed by atoms with Crippen molar-refractivity contribution < 1.29 is 14.3 Å². The van der Waals surface area contributed by atoms with Crippen LogP contribution < -0.4 is 20.3 Å². The quantitative estimate of drug-likeness (QED) is 0.553. The predicted octanol–water partition coefficient (Wildman–Crippen LogP) is 2.82. The predicted molar refractivity (Wildman–Crippen MR) is 139 cm³/mol. The summed E-state index contributed by atoms with van der Waals surface area (Å²) in [5.41, 5.74) is 0.566. The van der Waals surface area contributed by atoms with Crippen LogP contribution in [-0.4, -0.2) is 70.5 Å². The molecule has 0 bridgehead atoms. The summed E-state index contributed by atoms with van der Waals surface area (Å²) in [6.45, 7) is 4.38. The minimum atomic E-state index is -1.03. The van der Waals surface area contributed by atoms with Gasteiger partial charge in [-0.3, -0.25) is 19.4 Å². The second-order valence-electron chi connectivity index (χ2n) is 10.7. The van der Waals surface area contributed by atoms with Gasteiger partial charge < -0.3 is 15.4 Å². The van der Waals surface area contributed by atoms with Crippen molar-refractivity contribution in [2.45, 2.75) is 63.8 Å². The Morgan fingerprint density at radius 3 is 2.62 bits per heavy atom. The van der Waals surface area contributed by atoms with Crippen molar-refractivity contribution in [3.63, 3.8) is 0 Å². The monoisotopic (exact) mass is 505 g/mol. The smallest absolute Gasteiger partial charge is 0.244 e. The van der Waals surface area contributed by atoms with E-state index in [1.54, 1.807) is 17.3 Å². The highest BCUT2D eigenvalue weighted by atomic mass is 16.5. The summed E-state index contributed by atoms with van der Waals surface area (Å²) in [7, 11) is 0. The molecule has 2 saturated heterocycles. The highest BCUT2D eigenvalue weighted by Crippen LogP contribution is 2.44. The fourth-order valence-corrected chi connectivity index (χ4v) is 6.20. The summed E-state index contributed by atoms with van der Waals surface area (Å²) < 4.78 is 5.84. The maximum Gasteiger partial charge on any atom is 0.244 e. The third kappa shape index (κ3) is 4.74. The number of fused-ring (bicyclic) bond motifs is 1. The molecule has 5 heterocycles. The molecule has 196 valence electrons. The molecule has 2 N–H and O–H groups in total. The van der Waals surface area contributed by atoms with Crippen molar-refractivity contribution in [1.82, 2.24) is 25.2 Å². The Labute approximate surface area is 217 Å². The van der Waals surface area contributed by atoms with Crippen molar-refractivity contribution in [2.24, 2.45) is 5.41 Å². The third-order valence-corrected chi connectivity index (χ3v) is 8.25. The van der Waals surface area contributed by atoms with Gasteiger partial charge in [-0.15, -0.1) is 0 Å². The standard InChI is InChI=1S/C27H35N7O3/c35-24-27(10-11-28-24)16-19-17-30-26(32-23(19)34(25(27)36)21-6-2-3-7-21)31-20-8-9-22(29-18-20)37-15-14-33-12-4-1-5-13-33/h8-9,17-18,21H,1-7,10-16H2,(H,28,35)(H,30,31,32). The molecule has 2 amide bonds. The van der Waals surface area contributed by atoms with E-state index < -0.39 is 5.41 Å². The molecule has 10 nitrogen and oxygen atoms in total. The van der Waals surface area contributed by atoms with Gasteiger partial charge in [-0.1, -0.05) is 19.3 Å². The number of amides is 2. The number of pyridine rings is 1. The number of rotatable bonds is 7. The molecule has 0 aromatic carbocycles. The number of hydrogen-bond donors (Lipinski definition) is 2. The molecule has 2 aromatic heterocycles. The first-order chi connectivity index (χ1) is 18.1. The van der Waals surface area contributed by atoms with Gasteiger partial charge in [0.2, 0.25) is 23.6 Å². The summed E-state index contributed by atoms with van der Waals surface area (Å²) in [6, 6.07) is 3.81. The fourth-order valence-electron chi connectivity index (χ4n) is 6.20. The second-order valence-corrected chi connectivity index (χ2v) is 10.7. The molecule has 37 heavy (non-hydrogen) atoms. The van der Waals surface area contributed by atoms with E-state index in [1.165, 1.54) is 19.3 Å². The molecule has 4 aliphatic rings. The van der Waals surface area contributed by atoms with E-state index in [4.69, 9.17) is 9.72 Å². The number of nitrogens with one attached hydrogen (secondary N) is 2. The Bertz CT molecular complexity index is 1150. The number of anilines is 3. The first kappa shape index (κ1) is 24.1. The average molecular weight is 506 g/mol. The van der Waals surface area contributed by atoms with Crippen molar-refractivity contribution in [3.8, 4) is 5.88 Å². The number of piperidine rings is 1. The van der Waals surface area contributed by atoms with Gasteiger partial charge in [0.05, 0.1) is 11.9 Å². The molecule has 2 aromatic rings. The van der Waals surface area contributed by atoms with Gasteiger partial charge in [-0.25, -0.2) is 9.97 Å². The zero-order chi connectivity index (χ0) is 25.2. The molecular formula is C27H35N7O3. The minimum Gasteiger partial charge on any atom is -0.476 e. The lowest BCUT2D eigenvalue weighted by Gasteiger charge is -2.40. The zero-order valence-electron chi connectivity index (χ0n) is 21.2.